The van der Waals surface area contributed by atoms with Crippen LogP contribution in [0.5, 0.6) is 0 Å². The highest BCUT2D eigenvalue weighted by molar-refractivity contribution is 9.12. The summed E-state index contributed by atoms with van der Waals surface area (Å²) < 4.78 is 13.2. The van der Waals surface area contributed by atoms with Crippen LogP contribution in [0, 0.1) is 11.2 Å². The molecule has 1 aliphatic rings. The van der Waals surface area contributed by atoms with E-state index in [1.54, 1.807) is 11.8 Å². The van der Waals surface area contributed by atoms with Crippen molar-refractivity contribution in [2.45, 2.75) is 6.92 Å². The van der Waals surface area contributed by atoms with Gasteiger partial charge in [-0.25, -0.2) is 4.39 Å². The maximum atomic E-state index is 12.9. The van der Waals surface area contributed by atoms with Crippen molar-refractivity contribution in [3.8, 4) is 0 Å². The van der Waals surface area contributed by atoms with Gasteiger partial charge in [0.25, 0.3) is 5.91 Å². The Balaban J connectivity index is 1.88. The van der Waals surface area contributed by atoms with Crippen LogP contribution in [0.2, 0.25) is 0 Å². The van der Waals surface area contributed by atoms with Crippen molar-refractivity contribution >= 4 is 33.3 Å². The molecule has 3 N–H and O–H groups in total. The molecule has 25 heavy (non-hydrogen) atoms. The highest BCUT2D eigenvalue weighted by atomic mass is 79.9. The van der Waals surface area contributed by atoms with Gasteiger partial charge in [0.15, 0.2) is 5.78 Å². The molecule has 1 fully saturated rings. The van der Waals surface area contributed by atoms with Crippen molar-refractivity contribution in [1.82, 2.24) is 9.80 Å². The first-order chi connectivity index (χ1) is 11.8. The smallest absolute Gasteiger partial charge is 0.273 e. The van der Waals surface area contributed by atoms with Crippen molar-refractivity contribution in [3.05, 3.63) is 45.8 Å². The Morgan fingerprint density at radius 2 is 1.76 bits per heavy atom. The minimum absolute atomic E-state index is 0.0862. The number of nitrogens with one attached hydrogen (secondary N) is 1. The number of carbonyl (C=O) groups excluding carboxylic acids is 2. The topological polar surface area (TPSA) is 90.5 Å². The molecule has 1 aliphatic heterocycles. The molecule has 1 aromatic rings. The van der Waals surface area contributed by atoms with E-state index >= 15 is 0 Å². The van der Waals surface area contributed by atoms with E-state index < -0.39 is 0 Å². The predicted octanol–water partition coefficient (Wildman–Crippen LogP) is 1.76. The highest BCUT2D eigenvalue weighted by Gasteiger charge is 2.26. The number of Topliss-reactive ketones (excluding diaryl/α,β-unsaturated/α-hetero) is 1. The molecule has 0 bridgehead atoms. The first-order valence-corrected chi connectivity index (χ1v) is 8.60. The van der Waals surface area contributed by atoms with Gasteiger partial charge in [0.05, 0.1) is 11.0 Å². The monoisotopic (exact) mass is 410 g/mol. The fraction of sp³-hybridized carbons (Fsp3) is 0.353. The zero-order valence-corrected chi connectivity index (χ0v) is 15.5. The van der Waals surface area contributed by atoms with Crippen LogP contribution >= 0.6 is 15.9 Å². The van der Waals surface area contributed by atoms with E-state index in [1.807, 2.05) is 4.90 Å². The molecule has 1 heterocycles. The van der Waals surface area contributed by atoms with Gasteiger partial charge < -0.3 is 10.6 Å². The van der Waals surface area contributed by atoms with Crippen molar-refractivity contribution in [2.24, 2.45) is 5.73 Å². The van der Waals surface area contributed by atoms with Crippen molar-refractivity contribution in [2.75, 3.05) is 32.7 Å². The number of piperazine rings is 1. The molecular formula is C17H20BrFN4O2. The van der Waals surface area contributed by atoms with Crippen LogP contribution in [0.25, 0.3) is 0 Å². The Kier molecular flexibility index (Phi) is 6.44. The summed E-state index contributed by atoms with van der Waals surface area (Å²) >= 11 is 3.15. The number of rotatable bonds is 5. The molecular weight excluding hydrogens is 391 g/mol. The third-order valence-electron chi connectivity index (χ3n) is 3.97. The number of ketones is 1. The minimum Gasteiger partial charge on any atom is -0.401 e. The average molecular weight is 411 g/mol. The van der Waals surface area contributed by atoms with E-state index in [2.05, 4.69) is 15.9 Å². The van der Waals surface area contributed by atoms with Crippen LogP contribution in [0.15, 0.2) is 34.4 Å². The van der Waals surface area contributed by atoms with Gasteiger partial charge in [-0.15, -0.1) is 0 Å². The van der Waals surface area contributed by atoms with Crippen LogP contribution in [-0.4, -0.2) is 59.9 Å². The Hall–Kier alpha value is -2.06. The van der Waals surface area contributed by atoms with Gasteiger partial charge in [0, 0.05) is 37.4 Å². The molecule has 134 valence electrons. The van der Waals surface area contributed by atoms with Crippen molar-refractivity contribution in [1.29, 1.82) is 5.41 Å². The SMILES string of the molecule is C/C(N)=C(\Br)C(=N)C(=O)N1CCN(CC(=O)c2ccc(F)cc2)CC1. The first kappa shape index (κ1) is 19.3. The molecule has 8 heteroatoms. The van der Waals surface area contributed by atoms with Crippen LogP contribution in [-0.2, 0) is 4.79 Å². The Bertz CT molecular complexity index is 706. The van der Waals surface area contributed by atoms with Crippen molar-refractivity contribution < 1.29 is 14.0 Å². The lowest BCUT2D eigenvalue weighted by atomic mass is 10.1. The fourth-order valence-electron chi connectivity index (χ4n) is 2.49. The van der Waals surface area contributed by atoms with E-state index in [1.165, 1.54) is 24.3 Å². The molecule has 1 saturated heterocycles. The summed E-state index contributed by atoms with van der Waals surface area (Å²) in [6, 6.07) is 5.47. The predicted molar refractivity (Wildman–Crippen MR) is 97.3 cm³/mol. The third-order valence-corrected chi connectivity index (χ3v) is 4.99. The molecule has 6 nitrogen and oxygen atoms in total. The fourth-order valence-corrected chi connectivity index (χ4v) is 2.66. The second-order valence-electron chi connectivity index (χ2n) is 5.87. The molecule has 0 unspecified atom stereocenters. The number of hydrogen-bond donors (Lipinski definition) is 2. The number of amides is 1. The minimum atomic E-state index is -0.388. The number of carbonyl (C=O) groups is 2. The number of hydrogen-bond acceptors (Lipinski definition) is 5. The lowest BCUT2D eigenvalue weighted by Crippen LogP contribution is -2.51. The number of benzene rings is 1. The zero-order valence-electron chi connectivity index (χ0n) is 13.9. The van der Waals surface area contributed by atoms with Gasteiger partial charge in [0.2, 0.25) is 0 Å². The maximum absolute atomic E-state index is 12.9. The molecule has 0 radical (unpaired) electrons. The summed E-state index contributed by atoms with van der Waals surface area (Å²) in [4.78, 5) is 28.0. The first-order valence-electron chi connectivity index (χ1n) is 7.80. The Labute approximate surface area is 154 Å². The number of allylic oxidation sites excluding steroid dienone is 1. The zero-order chi connectivity index (χ0) is 18.6. The molecule has 1 aromatic carbocycles. The second-order valence-corrected chi connectivity index (χ2v) is 6.66. The second kappa shape index (κ2) is 8.35. The Morgan fingerprint density at radius 1 is 1.20 bits per heavy atom. The van der Waals surface area contributed by atoms with E-state index in [4.69, 9.17) is 11.1 Å². The van der Waals surface area contributed by atoms with Crippen LogP contribution in [0.4, 0.5) is 4.39 Å². The molecule has 0 saturated carbocycles. The number of halogens is 2. The average Bonchev–Trinajstić information content (AvgIpc) is 2.60. The van der Waals surface area contributed by atoms with E-state index in [0.717, 1.165) is 0 Å². The normalized spacial score (nSPS) is 16.4. The van der Waals surface area contributed by atoms with Gasteiger partial charge >= 0.3 is 0 Å². The molecule has 1 amide bonds. The lowest BCUT2D eigenvalue weighted by Gasteiger charge is -2.34. The van der Waals surface area contributed by atoms with Crippen LogP contribution < -0.4 is 5.73 Å². The van der Waals surface area contributed by atoms with Gasteiger partial charge in [-0.3, -0.25) is 19.9 Å². The Morgan fingerprint density at radius 3 is 2.28 bits per heavy atom. The maximum Gasteiger partial charge on any atom is 0.273 e. The molecule has 0 atom stereocenters. The van der Waals surface area contributed by atoms with Gasteiger partial charge in [0.1, 0.15) is 11.5 Å². The van der Waals surface area contributed by atoms with Crippen LogP contribution in [0.3, 0.4) is 0 Å². The van der Waals surface area contributed by atoms with Crippen molar-refractivity contribution in [3.63, 3.8) is 0 Å². The molecule has 0 aromatic heterocycles. The molecule has 0 aliphatic carbocycles. The molecule has 2 rings (SSSR count). The van der Waals surface area contributed by atoms with E-state index in [-0.39, 0.29) is 29.8 Å². The summed E-state index contributed by atoms with van der Waals surface area (Å²) in [6.07, 6.45) is 0. The number of nitrogens with two attached hydrogens (primary N) is 1. The standard InChI is InChI=1S/C17H20BrFN4O2/c1-11(20)15(18)16(21)17(25)23-8-6-22(7-9-23)10-14(24)12-2-4-13(19)5-3-12/h2-5,21H,6-10,20H2,1H3/b15-11+,21-16?. The highest BCUT2D eigenvalue weighted by Crippen LogP contribution is 2.13. The lowest BCUT2D eigenvalue weighted by molar-refractivity contribution is -0.125. The van der Waals surface area contributed by atoms with E-state index in [0.29, 0.717) is 41.9 Å². The van der Waals surface area contributed by atoms with Gasteiger partial charge in [-0.05, 0) is 47.1 Å². The summed E-state index contributed by atoms with van der Waals surface area (Å²) in [5, 5.41) is 7.89. The van der Waals surface area contributed by atoms with Crippen LogP contribution in [0.1, 0.15) is 17.3 Å². The number of nitrogens with zero attached hydrogens (tertiary/aromatic N) is 2. The largest absolute Gasteiger partial charge is 0.401 e. The summed E-state index contributed by atoms with van der Waals surface area (Å²) in [6.45, 7) is 3.77. The van der Waals surface area contributed by atoms with Gasteiger partial charge in [-0.2, -0.15) is 0 Å². The molecule has 0 spiro atoms. The summed E-state index contributed by atoms with van der Waals surface area (Å²) in [5.74, 6) is -0.850. The van der Waals surface area contributed by atoms with Gasteiger partial charge in [-0.1, -0.05) is 0 Å². The van der Waals surface area contributed by atoms with E-state index in [9.17, 15) is 14.0 Å². The third kappa shape index (κ3) is 4.96. The summed E-state index contributed by atoms with van der Waals surface area (Å²) in [5.41, 5.74) is 6.27. The quantitative estimate of drug-likeness (QED) is 0.571. The summed E-state index contributed by atoms with van der Waals surface area (Å²) in [7, 11) is 0.